The van der Waals surface area contributed by atoms with Gasteiger partial charge in [-0.25, -0.2) is 0 Å². The zero-order chi connectivity index (χ0) is 21.2. The summed E-state index contributed by atoms with van der Waals surface area (Å²) in [4.78, 5) is 4.95. The Morgan fingerprint density at radius 3 is 2.09 bits per heavy atom. The summed E-state index contributed by atoms with van der Waals surface area (Å²) < 4.78 is 0. The first-order valence-electron chi connectivity index (χ1n) is 11.0. The molecule has 0 saturated heterocycles. The summed E-state index contributed by atoms with van der Waals surface area (Å²) in [7, 11) is 0. The molecule has 3 atom stereocenters. The molecule has 7 rings (SSSR count). The number of hydrogen-bond acceptors (Lipinski definition) is 5. The highest BCUT2D eigenvalue weighted by Crippen LogP contribution is 2.58. The monoisotopic (exact) mass is 418 g/mol. The molecule has 4 bridgehead atoms. The molecule has 0 fully saturated rings. The average Bonchev–Trinajstić information content (AvgIpc) is 2.84. The highest BCUT2D eigenvalue weighted by molar-refractivity contribution is 5.80. The third-order valence-electron chi connectivity index (χ3n) is 6.83. The summed E-state index contributed by atoms with van der Waals surface area (Å²) in [5.74, 6) is 0.251. The fraction of sp³-hybridized carbons (Fsp3) is 0.111. The second-order valence-electron chi connectivity index (χ2n) is 8.50. The fourth-order valence-electron chi connectivity index (χ4n) is 5.50. The Bertz CT molecular complexity index is 1350. The van der Waals surface area contributed by atoms with Gasteiger partial charge >= 0.3 is 0 Å². The summed E-state index contributed by atoms with van der Waals surface area (Å²) in [6, 6.07) is 33.2. The minimum absolute atomic E-state index is 0.0330. The van der Waals surface area contributed by atoms with Gasteiger partial charge in [0.25, 0.3) is 0 Å². The number of phenols is 1. The van der Waals surface area contributed by atoms with Gasteiger partial charge in [0.1, 0.15) is 24.2 Å². The first-order chi connectivity index (χ1) is 15.8. The fourth-order valence-corrected chi connectivity index (χ4v) is 5.50. The van der Waals surface area contributed by atoms with Crippen LogP contribution in [-0.4, -0.2) is 5.11 Å². The largest absolute Gasteiger partial charge is 0.506 e. The molecular formula is C27H22N4O. The lowest BCUT2D eigenvalue weighted by Gasteiger charge is -2.60. The van der Waals surface area contributed by atoms with Crippen LogP contribution in [0.15, 0.2) is 97.1 Å². The zero-order valence-corrected chi connectivity index (χ0v) is 17.3. The Labute approximate surface area is 186 Å². The Morgan fingerprint density at radius 2 is 1.28 bits per heavy atom. The highest BCUT2D eigenvalue weighted by Gasteiger charge is 2.50. The summed E-state index contributed by atoms with van der Waals surface area (Å²) in [6.45, 7) is 0. The van der Waals surface area contributed by atoms with E-state index in [2.05, 4.69) is 93.2 Å². The van der Waals surface area contributed by atoms with Crippen molar-refractivity contribution in [1.82, 2.24) is 0 Å². The number of nitrogens with zero attached hydrogens (tertiary/aromatic N) is 2. The van der Waals surface area contributed by atoms with Crippen LogP contribution in [0, 0.1) is 0 Å². The van der Waals surface area contributed by atoms with Crippen LogP contribution in [0.1, 0.15) is 35.2 Å². The maximum Gasteiger partial charge on any atom is 0.138 e. The van der Waals surface area contributed by atoms with Crippen LogP contribution >= 0.6 is 0 Å². The number of fused-ring (bicyclic) bond motifs is 5. The summed E-state index contributed by atoms with van der Waals surface area (Å²) in [5.41, 5.74) is 7.97. The molecule has 0 spiro atoms. The van der Waals surface area contributed by atoms with Crippen LogP contribution in [0.2, 0.25) is 0 Å². The minimum atomic E-state index is -0.144. The predicted octanol–water partition coefficient (Wildman–Crippen LogP) is 5.97. The van der Waals surface area contributed by atoms with Gasteiger partial charge in [-0.3, -0.25) is 0 Å². The molecule has 4 aromatic rings. The van der Waals surface area contributed by atoms with E-state index in [0.29, 0.717) is 0 Å². The van der Waals surface area contributed by atoms with Crippen molar-refractivity contribution in [3.05, 3.63) is 114 Å². The van der Waals surface area contributed by atoms with Crippen LogP contribution in [-0.2, 0) is 0 Å². The van der Waals surface area contributed by atoms with Crippen molar-refractivity contribution in [3.63, 3.8) is 0 Å². The van der Waals surface area contributed by atoms with E-state index >= 15 is 0 Å². The van der Waals surface area contributed by atoms with E-state index < -0.39 is 0 Å². The lowest BCUT2D eigenvalue weighted by atomic mass is 9.88. The Hall–Kier alpha value is -4.12. The molecule has 3 aliphatic rings. The van der Waals surface area contributed by atoms with Crippen molar-refractivity contribution in [2.24, 2.45) is 0 Å². The van der Waals surface area contributed by atoms with Crippen molar-refractivity contribution in [2.45, 2.75) is 18.5 Å². The van der Waals surface area contributed by atoms with Crippen molar-refractivity contribution in [2.75, 3.05) is 20.4 Å². The number of rotatable bonds is 2. The molecule has 5 nitrogen and oxygen atoms in total. The van der Waals surface area contributed by atoms with Crippen molar-refractivity contribution < 1.29 is 5.11 Å². The van der Waals surface area contributed by atoms with E-state index in [1.165, 1.54) is 33.8 Å². The lowest BCUT2D eigenvalue weighted by Crippen LogP contribution is -2.58. The van der Waals surface area contributed by atoms with Crippen LogP contribution in [0.4, 0.5) is 22.7 Å². The maximum absolute atomic E-state index is 10.5. The van der Waals surface area contributed by atoms with E-state index in [1.807, 2.05) is 18.2 Å². The van der Waals surface area contributed by atoms with E-state index in [9.17, 15) is 5.11 Å². The van der Waals surface area contributed by atoms with Crippen molar-refractivity contribution in [1.29, 1.82) is 0 Å². The number of anilines is 4. The normalized spacial score (nSPS) is 21.7. The zero-order valence-electron chi connectivity index (χ0n) is 17.3. The van der Waals surface area contributed by atoms with Crippen LogP contribution in [0.25, 0.3) is 0 Å². The lowest BCUT2D eigenvalue weighted by molar-refractivity contribution is 0.430. The molecule has 3 aliphatic heterocycles. The van der Waals surface area contributed by atoms with Gasteiger partial charge in [0.15, 0.2) is 0 Å². The molecule has 32 heavy (non-hydrogen) atoms. The molecule has 0 aromatic heterocycles. The summed E-state index contributed by atoms with van der Waals surface area (Å²) in [6.07, 6.45) is -0.0609. The summed E-state index contributed by atoms with van der Waals surface area (Å²) >= 11 is 0. The second kappa shape index (κ2) is 6.44. The Kier molecular flexibility index (Phi) is 3.53. The molecular weight excluding hydrogens is 396 g/mol. The molecule has 0 saturated carbocycles. The molecule has 0 aliphatic carbocycles. The number of benzene rings is 4. The molecule has 3 N–H and O–H groups in total. The molecule has 156 valence electrons. The standard InChI is InChI=1S/C27H22N4O/c32-24-16-8-5-13-21(24)29-26-19-11-3-7-15-23(19)30-25-18-10-2-6-14-22(18)31(26)27(30)17-9-1-4-12-20(17)28-25/h1-16,25-29,32H/t25-,26+,27?/m1/s1. The van der Waals surface area contributed by atoms with Crippen molar-refractivity contribution >= 4 is 22.7 Å². The van der Waals surface area contributed by atoms with Gasteiger partial charge in [0.05, 0.1) is 5.69 Å². The SMILES string of the molecule is Oc1ccccc1N[C@@H]1c2ccccc2N2C3c4ccccc4N[C@H]2c2ccccc2N31. The number of hydrogen-bond donors (Lipinski definition) is 3. The number of phenolic OH excluding ortho intramolecular Hbond substituents is 1. The molecule has 1 unspecified atom stereocenters. The molecule has 5 heteroatoms. The van der Waals surface area contributed by atoms with Gasteiger partial charge in [-0.1, -0.05) is 66.7 Å². The molecule has 0 radical (unpaired) electrons. The van der Waals surface area contributed by atoms with Crippen molar-refractivity contribution in [3.8, 4) is 5.75 Å². The average molecular weight is 419 g/mol. The van der Waals surface area contributed by atoms with Gasteiger partial charge in [0.2, 0.25) is 0 Å². The highest BCUT2D eigenvalue weighted by atomic mass is 16.3. The molecule has 3 heterocycles. The topological polar surface area (TPSA) is 50.8 Å². The quantitative estimate of drug-likeness (QED) is 0.350. The summed E-state index contributed by atoms with van der Waals surface area (Å²) in [5, 5.41) is 18.0. The minimum Gasteiger partial charge on any atom is -0.506 e. The van der Waals surface area contributed by atoms with E-state index in [-0.39, 0.29) is 24.2 Å². The molecule has 4 aromatic carbocycles. The Morgan fingerprint density at radius 1 is 0.656 bits per heavy atom. The number of aromatic hydroxyl groups is 1. The first kappa shape index (κ1) is 17.5. The first-order valence-corrected chi connectivity index (χ1v) is 11.0. The second-order valence-corrected chi connectivity index (χ2v) is 8.50. The third-order valence-corrected chi connectivity index (χ3v) is 6.83. The third kappa shape index (κ3) is 2.28. The smallest absolute Gasteiger partial charge is 0.138 e. The van der Waals surface area contributed by atoms with Gasteiger partial charge in [-0.05, 0) is 30.3 Å². The van der Waals surface area contributed by atoms with Crippen LogP contribution < -0.4 is 20.4 Å². The number of para-hydroxylation sites is 5. The van der Waals surface area contributed by atoms with Crippen LogP contribution in [0.3, 0.4) is 0 Å². The van der Waals surface area contributed by atoms with Gasteiger partial charge in [-0.15, -0.1) is 0 Å². The van der Waals surface area contributed by atoms with Gasteiger partial charge < -0.3 is 25.5 Å². The maximum atomic E-state index is 10.5. The van der Waals surface area contributed by atoms with E-state index in [1.54, 1.807) is 6.07 Å². The predicted molar refractivity (Wildman–Crippen MR) is 128 cm³/mol. The van der Waals surface area contributed by atoms with Crippen LogP contribution in [0.5, 0.6) is 5.75 Å². The van der Waals surface area contributed by atoms with Gasteiger partial charge in [0, 0.05) is 33.8 Å². The number of nitrogens with one attached hydrogen (secondary N) is 2. The van der Waals surface area contributed by atoms with Gasteiger partial charge in [-0.2, -0.15) is 0 Å². The van der Waals surface area contributed by atoms with E-state index in [0.717, 1.165) is 5.69 Å². The molecule has 0 amide bonds. The van der Waals surface area contributed by atoms with E-state index in [4.69, 9.17) is 0 Å². The Balaban J connectivity index is 1.51.